The molecule has 7 heteroatoms. The van der Waals surface area contributed by atoms with Crippen LogP contribution in [-0.4, -0.2) is 10.9 Å². The number of rotatable bonds is 2. The molecule has 1 N–H and O–H groups in total. The number of aromatic nitrogens is 1. The van der Waals surface area contributed by atoms with Crippen LogP contribution in [0.5, 0.6) is 0 Å². The van der Waals surface area contributed by atoms with Crippen molar-refractivity contribution in [2.75, 3.05) is 5.32 Å². The molecule has 0 spiro atoms. The highest BCUT2D eigenvalue weighted by molar-refractivity contribution is 6.41. The van der Waals surface area contributed by atoms with Crippen LogP contribution in [0.15, 0.2) is 24.3 Å². The Morgan fingerprint density at radius 3 is 2.30 bits per heavy atom. The van der Waals surface area contributed by atoms with Gasteiger partial charge < -0.3 is 5.32 Å². The molecule has 1 heterocycles. The van der Waals surface area contributed by atoms with Gasteiger partial charge in [0, 0.05) is 0 Å². The molecule has 0 saturated carbocycles. The first kappa shape index (κ1) is 15.4. The molecule has 1 aromatic carbocycles. The van der Waals surface area contributed by atoms with E-state index in [0.717, 1.165) is 0 Å². The maximum absolute atomic E-state index is 12.2. The summed E-state index contributed by atoms with van der Waals surface area (Å²) in [6.07, 6.45) is 0. The number of hydrogen-bond acceptors (Lipinski definition) is 2. The number of carbonyl (C=O) groups excluding carboxylic acids is 1. The molecule has 0 aliphatic rings. The maximum atomic E-state index is 12.2. The Hall–Kier alpha value is -1.00. The molecule has 0 atom stereocenters. The molecule has 0 bridgehead atoms. The van der Waals surface area contributed by atoms with Crippen LogP contribution in [0, 0.1) is 6.92 Å². The van der Waals surface area contributed by atoms with E-state index in [4.69, 9.17) is 46.4 Å². The number of anilines is 1. The van der Waals surface area contributed by atoms with Gasteiger partial charge in [-0.2, -0.15) is 0 Å². The summed E-state index contributed by atoms with van der Waals surface area (Å²) in [5, 5.41) is 3.51. The van der Waals surface area contributed by atoms with Crippen molar-refractivity contribution in [1.82, 2.24) is 4.98 Å². The van der Waals surface area contributed by atoms with Gasteiger partial charge in [0.1, 0.15) is 5.15 Å². The smallest absolute Gasteiger partial charge is 0.258 e. The fourth-order valence-electron chi connectivity index (χ4n) is 1.64. The van der Waals surface area contributed by atoms with Crippen LogP contribution in [0.4, 0.5) is 5.69 Å². The second-order valence-electron chi connectivity index (χ2n) is 3.98. The molecule has 104 valence electrons. The zero-order chi connectivity index (χ0) is 14.9. The Morgan fingerprint density at radius 2 is 1.75 bits per heavy atom. The van der Waals surface area contributed by atoms with E-state index in [2.05, 4.69) is 10.3 Å². The van der Waals surface area contributed by atoms with Crippen LogP contribution in [0.1, 0.15) is 15.9 Å². The van der Waals surface area contributed by atoms with Gasteiger partial charge >= 0.3 is 0 Å². The lowest BCUT2D eigenvalue weighted by Crippen LogP contribution is -2.14. The number of carbonyl (C=O) groups is 1. The molecule has 1 amide bonds. The number of hydrogen-bond donors (Lipinski definition) is 1. The monoisotopic (exact) mass is 348 g/mol. The summed E-state index contributed by atoms with van der Waals surface area (Å²) in [6, 6.07) is 6.41. The fraction of sp³-hybridized carbons (Fsp3) is 0.0769. The van der Waals surface area contributed by atoms with E-state index in [0.29, 0.717) is 11.3 Å². The second-order valence-corrected chi connectivity index (χ2v) is 5.54. The molecular weight excluding hydrogens is 342 g/mol. The van der Waals surface area contributed by atoms with Crippen molar-refractivity contribution >= 4 is 58.0 Å². The third kappa shape index (κ3) is 3.18. The minimum atomic E-state index is -0.463. The molecule has 2 rings (SSSR count). The van der Waals surface area contributed by atoms with Crippen molar-refractivity contribution < 1.29 is 4.79 Å². The Bertz CT molecular complexity index is 645. The standard InChI is InChI=1S/C13H8Cl4N2O/c1-6-5-9(16)18-12(17)11(6)19-13(20)10-7(14)3-2-4-8(10)15/h2-5H,1H3,(H,19,20). The summed E-state index contributed by atoms with van der Waals surface area (Å²) < 4.78 is 0. The topological polar surface area (TPSA) is 42.0 Å². The van der Waals surface area contributed by atoms with Crippen molar-refractivity contribution in [3.8, 4) is 0 Å². The molecule has 0 aliphatic carbocycles. The Kier molecular flexibility index (Phi) is 4.76. The highest BCUT2D eigenvalue weighted by Gasteiger charge is 2.17. The number of nitrogens with one attached hydrogen (secondary N) is 1. The van der Waals surface area contributed by atoms with E-state index >= 15 is 0 Å². The third-order valence-electron chi connectivity index (χ3n) is 2.57. The normalized spacial score (nSPS) is 10.4. The summed E-state index contributed by atoms with van der Waals surface area (Å²) in [5.74, 6) is -0.463. The Balaban J connectivity index is 2.38. The number of amides is 1. The van der Waals surface area contributed by atoms with E-state index in [9.17, 15) is 4.79 Å². The predicted octanol–water partition coefficient (Wildman–Crippen LogP) is 5.26. The summed E-state index contributed by atoms with van der Waals surface area (Å²) in [5.41, 5.74) is 1.24. The second kappa shape index (κ2) is 6.19. The van der Waals surface area contributed by atoms with Gasteiger partial charge in [-0.25, -0.2) is 4.98 Å². The van der Waals surface area contributed by atoms with Gasteiger partial charge in [-0.1, -0.05) is 52.5 Å². The average molecular weight is 350 g/mol. The number of pyridine rings is 1. The minimum absolute atomic E-state index is 0.103. The SMILES string of the molecule is Cc1cc(Cl)nc(Cl)c1NC(=O)c1c(Cl)cccc1Cl. The van der Waals surface area contributed by atoms with Gasteiger partial charge in [0.2, 0.25) is 0 Å². The van der Waals surface area contributed by atoms with Crippen LogP contribution in [0.25, 0.3) is 0 Å². The lowest BCUT2D eigenvalue weighted by Gasteiger charge is -2.12. The van der Waals surface area contributed by atoms with Crippen molar-refractivity contribution in [3.63, 3.8) is 0 Å². The first-order valence-electron chi connectivity index (χ1n) is 5.48. The number of halogens is 4. The summed E-state index contributed by atoms with van der Waals surface area (Å²) >= 11 is 23.7. The maximum Gasteiger partial charge on any atom is 0.258 e. The number of benzene rings is 1. The Labute approximate surface area is 135 Å². The molecular formula is C13H8Cl4N2O. The van der Waals surface area contributed by atoms with Crippen molar-refractivity contribution in [3.05, 3.63) is 55.7 Å². The van der Waals surface area contributed by atoms with E-state index in [1.807, 2.05) is 0 Å². The quantitative estimate of drug-likeness (QED) is 0.751. The van der Waals surface area contributed by atoms with E-state index in [-0.39, 0.29) is 25.9 Å². The van der Waals surface area contributed by atoms with Gasteiger partial charge in [-0.3, -0.25) is 4.79 Å². The zero-order valence-electron chi connectivity index (χ0n) is 10.2. The zero-order valence-corrected chi connectivity index (χ0v) is 13.2. The highest BCUT2D eigenvalue weighted by Crippen LogP contribution is 2.29. The van der Waals surface area contributed by atoms with Gasteiger partial charge in [0.05, 0.1) is 21.3 Å². The lowest BCUT2D eigenvalue weighted by atomic mass is 10.2. The molecule has 2 aromatic rings. The van der Waals surface area contributed by atoms with Crippen LogP contribution < -0.4 is 5.32 Å². The minimum Gasteiger partial charge on any atom is -0.319 e. The fourth-order valence-corrected chi connectivity index (χ4v) is 2.78. The lowest BCUT2D eigenvalue weighted by molar-refractivity contribution is 0.102. The van der Waals surface area contributed by atoms with Gasteiger partial charge in [-0.15, -0.1) is 0 Å². The molecule has 3 nitrogen and oxygen atoms in total. The largest absolute Gasteiger partial charge is 0.319 e. The van der Waals surface area contributed by atoms with E-state index in [1.165, 1.54) is 0 Å². The third-order valence-corrected chi connectivity index (χ3v) is 3.67. The summed E-state index contributed by atoms with van der Waals surface area (Å²) in [4.78, 5) is 16.1. The average Bonchev–Trinajstić information content (AvgIpc) is 2.33. The first-order valence-corrected chi connectivity index (χ1v) is 6.99. The summed E-state index contributed by atoms with van der Waals surface area (Å²) in [7, 11) is 0. The number of nitrogens with zero attached hydrogens (tertiary/aromatic N) is 1. The van der Waals surface area contributed by atoms with Crippen molar-refractivity contribution in [1.29, 1.82) is 0 Å². The Morgan fingerprint density at radius 1 is 1.15 bits per heavy atom. The predicted molar refractivity (Wildman–Crippen MR) is 83.4 cm³/mol. The molecule has 0 aliphatic heterocycles. The molecule has 1 aromatic heterocycles. The van der Waals surface area contributed by atoms with Crippen molar-refractivity contribution in [2.45, 2.75) is 6.92 Å². The van der Waals surface area contributed by atoms with Crippen LogP contribution >= 0.6 is 46.4 Å². The van der Waals surface area contributed by atoms with E-state index < -0.39 is 5.91 Å². The number of aryl methyl sites for hydroxylation is 1. The van der Waals surface area contributed by atoms with Crippen LogP contribution in [0.3, 0.4) is 0 Å². The molecule has 0 fully saturated rings. The molecule has 0 saturated heterocycles. The molecule has 0 radical (unpaired) electrons. The van der Waals surface area contributed by atoms with Crippen molar-refractivity contribution in [2.24, 2.45) is 0 Å². The van der Waals surface area contributed by atoms with Crippen LogP contribution in [-0.2, 0) is 0 Å². The first-order chi connectivity index (χ1) is 9.40. The molecule has 20 heavy (non-hydrogen) atoms. The highest BCUT2D eigenvalue weighted by atomic mass is 35.5. The van der Waals surface area contributed by atoms with Gasteiger partial charge in [0.25, 0.3) is 5.91 Å². The van der Waals surface area contributed by atoms with Gasteiger partial charge in [-0.05, 0) is 30.7 Å². The molecule has 0 unspecified atom stereocenters. The van der Waals surface area contributed by atoms with Crippen LogP contribution in [0.2, 0.25) is 20.4 Å². The van der Waals surface area contributed by atoms with E-state index in [1.54, 1.807) is 31.2 Å². The van der Waals surface area contributed by atoms with Gasteiger partial charge in [0.15, 0.2) is 5.15 Å². The summed E-state index contributed by atoms with van der Waals surface area (Å²) in [6.45, 7) is 1.75.